The van der Waals surface area contributed by atoms with E-state index in [2.05, 4.69) is 0 Å². The lowest BCUT2D eigenvalue weighted by Crippen LogP contribution is -2.66. The highest BCUT2D eigenvalue weighted by atomic mass is 16.7. The van der Waals surface area contributed by atoms with Crippen LogP contribution in [0.3, 0.4) is 0 Å². The van der Waals surface area contributed by atoms with Crippen molar-refractivity contribution in [3.8, 4) is 0 Å². The van der Waals surface area contributed by atoms with Crippen LogP contribution in [0.4, 0.5) is 0 Å². The first-order valence-electron chi connectivity index (χ1n) is 12.0. The Balaban J connectivity index is 1.60. The van der Waals surface area contributed by atoms with Crippen molar-refractivity contribution in [2.45, 2.75) is 64.2 Å². The SMILES string of the molecule is C[C@H]1C=C2C(=O)C=C3C4=C(C5=C(CCC5)C4)N(Cc4ccco4)O[C@]3(C(=O)CO)[C@@]2(C)C[C@@H]1O. The maximum absolute atomic E-state index is 13.7. The molecule has 0 fully saturated rings. The Morgan fingerprint density at radius 1 is 1.26 bits per heavy atom. The molecule has 0 amide bonds. The van der Waals surface area contributed by atoms with E-state index in [0.717, 1.165) is 30.5 Å². The lowest BCUT2D eigenvalue weighted by Gasteiger charge is -2.57. The number of nitrogens with zero attached hydrogens (tertiary/aromatic N) is 1. The van der Waals surface area contributed by atoms with Gasteiger partial charge >= 0.3 is 0 Å². The van der Waals surface area contributed by atoms with Crippen LogP contribution in [0.5, 0.6) is 0 Å². The molecule has 1 aliphatic heterocycles. The van der Waals surface area contributed by atoms with Crippen molar-refractivity contribution < 1.29 is 29.1 Å². The van der Waals surface area contributed by atoms with Gasteiger partial charge in [0.25, 0.3) is 0 Å². The summed E-state index contributed by atoms with van der Waals surface area (Å²) in [4.78, 5) is 33.9. The van der Waals surface area contributed by atoms with Crippen molar-refractivity contribution in [3.05, 3.63) is 69.9 Å². The zero-order valence-corrected chi connectivity index (χ0v) is 19.5. The van der Waals surface area contributed by atoms with Gasteiger partial charge in [0, 0.05) is 22.5 Å². The lowest BCUT2D eigenvalue weighted by molar-refractivity contribution is -0.255. The summed E-state index contributed by atoms with van der Waals surface area (Å²) in [7, 11) is 0. The zero-order valence-electron chi connectivity index (χ0n) is 19.5. The number of aliphatic hydroxyl groups excluding tert-OH is 2. The molecular formula is C27H29NO6. The van der Waals surface area contributed by atoms with Gasteiger partial charge in [0.2, 0.25) is 0 Å². The maximum atomic E-state index is 13.7. The Morgan fingerprint density at radius 2 is 2.09 bits per heavy atom. The van der Waals surface area contributed by atoms with E-state index >= 15 is 0 Å². The van der Waals surface area contributed by atoms with Crippen molar-refractivity contribution in [2.75, 3.05) is 6.61 Å². The van der Waals surface area contributed by atoms with Crippen molar-refractivity contribution in [3.63, 3.8) is 0 Å². The zero-order chi connectivity index (χ0) is 23.8. The number of hydroxylamine groups is 2. The van der Waals surface area contributed by atoms with Gasteiger partial charge in [0.05, 0.1) is 18.1 Å². The molecule has 1 aromatic rings. The molecule has 7 nitrogen and oxygen atoms in total. The van der Waals surface area contributed by atoms with Crippen LogP contribution in [0.1, 0.15) is 51.7 Å². The normalized spacial score (nSPS) is 34.5. The van der Waals surface area contributed by atoms with Crippen LogP contribution in [0.25, 0.3) is 0 Å². The molecule has 0 radical (unpaired) electrons. The third kappa shape index (κ3) is 2.69. The highest BCUT2D eigenvalue weighted by Gasteiger charge is 2.67. The quantitative estimate of drug-likeness (QED) is 0.707. The fourth-order valence-electron chi connectivity index (χ4n) is 6.79. The Bertz CT molecular complexity index is 1220. The third-order valence-corrected chi connectivity index (χ3v) is 8.48. The first kappa shape index (κ1) is 21.8. The molecule has 0 unspecified atom stereocenters. The van der Waals surface area contributed by atoms with Gasteiger partial charge in [0.15, 0.2) is 17.2 Å². The molecule has 5 aliphatic rings. The number of furan rings is 1. The summed E-state index contributed by atoms with van der Waals surface area (Å²) >= 11 is 0. The number of rotatable bonds is 4. The summed E-state index contributed by atoms with van der Waals surface area (Å²) < 4.78 is 5.62. The first-order chi connectivity index (χ1) is 16.3. The highest BCUT2D eigenvalue weighted by Crippen LogP contribution is 2.62. The van der Waals surface area contributed by atoms with Gasteiger partial charge in [-0.05, 0) is 61.5 Å². The first-order valence-corrected chi connectivity index (χ1v) is 12.0. The molecule has 2 heterocycles. The van der Waals surface area contributed by atoms with Crippen molar-refractivity contribution in [2.24, 2.45) is 11.3 Å². The van der Waals surface area contributed by atoms with Gasteiger partial charge in [-0.2, -0.15) is 0 Å². The Morgan fingerprint density at radius 3 is 2.82 bits per heavy atom. The summed E-state index contributed by atoms with van der Waals surface area (Å²) in [6.45, 7) is 3.24. The number of hydrogen-bond donors (Lipinski definition) is 2. The standard InChI is InChI=1S/C27H29NO6/c1-15-9-21-22(30)11-20-19-10-16-5-3-7-18(16)25(19)28(13-17-6-4-8-33-17)34-27(20,24(32)14-29)26(21,2)12-23(15)31/h4,6,8-9,11,15,23,29,31H,3,5,7,10,12-14H2,1-2H3/t15-,23-,26-,27+/m0/s1. The van der Waals surface area contributed by atoms with Crippen LogP contribution in [0.15, 0.2) is 68.5 Å². The molecule has 6 rings (SSSR count). The number of carbonyl (C=O) groups excluding carboxylic acids is 2. The Kier molecular flexibility index (Phi) is 4.72. The fourth-order valence-corrected chi connectivity index (χ4v) is 6.79. The molecule has 7 heteroatoms. The predicted molar refractivity (Wildman–Crippen MR) is 122 cm³/mol. The van der Waals surface area contributed by atoms with Gasteiger partial charge in [0.1, 0.15) is 18.9 Å². The van der Waals surface area contributed by atoms with Crippen molar-refractivity contribution in [1.29, 1.82) is 0 Å². The number of hydrogen-bond acceptors (Lipinski definition) is 7. The Hall–Kier alpha value is -2.74. The van der Waals surface area contributed by atoms with E-state index in [0.29, 0.717) is 29.9 Å². The van der Waals surface area contributed by atoms with E-state index in [9.17, 15) is 19.8 Å². The number of aliphatic hydroxyl groups is 2. The molecule has 0 saturated heterocycles. The highest BCUT2D eigenvalue weighted by molar-refractivity contribution is 6.12. The second kappa shape index (κ2) is 7.38. The molecule has 2 N–H and O–H groups in total. The fraction of sp³-hybridized carbons (Fsp3) is 0.481. The molecular weight excluding hydrogens is 434 g/mol. The monoisotopic (exact) mass is 463 g/mol. The van der Waals surface area contributed by atoms with Gasteiger partial charge in [-0.3, -0.25) is 14.4 Å². The molecule has 0 spiro atoms. The average Bonchev–Trinajstić information content (AvgIpc) is 3.54. The van der Waals surface area contributed by atoms with E-state index in [-0.39, 0.29) is 18.1 Å². The number of fused-ring (bicyclic) bond motifs is 5. The number of ketones is 2. The minimum absolute atomic E-state index is 0.153. The molecule has 0 bridgehead atoms. The molecule has 0 aromatic carbocycles. The van der Waals surface area contributed by atoms with E-state index in [1.165, 1.54) is 11.1 Å². The summed E-state index contributed by atoms with van der Waals surface area (Å²) in [6.07, 6.45) is 8.00. The minimum Gasteiger partial charge on any atom is -0.467 e. The molecule has 4 atom stereocenters. The van der Waals surface area contributed by atoms with Crippen LogP contribution >= 0.6 is 0 Å². The third-order valence-electron chi connectivity index (χ3n) is 8.48. The lowest BCUT2D eigenvalue weighted by atomic mass is 9.52. The number of allylic oxidation sites excluding steroid dienone is 3. The van der Waals surface area contributed by atoms with Crippen molar-refractivity contribution >= 4 is 11.6 Å². The van der Waals surface area contributed by atoms with Gasteiger partial charge in [-0.1, -0.05) is 25.5 Å². The van der Waals surface area contributed by atoms with Crippen molar-refractivity contribution in [1.82, 2.24) is 5.06 Å². The predicted octanol–water partition coefficient (Wildman–Crippen LogP) is 3.31. The second-order valence-corrected chi connectivity index (χ2v) is 10.4. The minimum atomic E-state index is -1.62. The van der Waals surface area contributed by atoms with E-state index in [1.54, 1.807) is 23.5 Å². The van der Waals surface area contributed by atoms with E-state index in [4.69, 9.17) is 9.25 Å². The maximum Gasteiger partial charge on any atom is 0.198 e. The summed E-state index contributed by atoms with van der Waals surface area (Å²) in [6, 6.07) is 3.67. The van der Waals surface area contributed by atoms with Gasteiger partial charge in [-0.25, -0.2) is 5.06 Å². The molecule has 178 valence electrons. The summed E-state index contributed by atoms with van der Waals surface area (Å²) in [5, 5.41) is 22.8. The average molecular weight is 464 g/mol. The van der Waals surface area contributed by atoms with E-state index in [1.807, 2.05) is 26.0 Å². The smallest absolute Gasteiger partial charge is 0.198 e. The second-order valence-electron chi connectivity index (χ2n) is 10.4. The topological polar surface area (TPSA) is 100 Å². The van der Waals surface area contributed by atoms with Gasteiger partial charge < -0.3 is 14.6 Å². The summed E-state index contributed by atoms with van der Waals surface area (Å²) in [5.41, 5.74) is 2.65. The number of Topliss-reactive ketones (excluding diaryl/α,β-unsaturated/α-hetero) is 1. The molecule has 4 aliphatic carbocycles. The van der Waals surface area contributed by atoms with Gasteiger partial charge in [-0.15, -0.1) is 0 Å². The number of carbonyl (C=O) groups is 2. The summed E-state index contributed by atoms with van der Waals surface area (Å²) in [5.74, 6) is -0.204. The molecule has 1 aromatic heterocycles. The largest absolute Gasteiger partial charge is 0.467 e. The van der Waals surface area contributed by atoms with Crippen LogP contribution in [-0.4, -0.2) is 45.2 Å². The van der Waals surface area contributed by atoms with Crippen LogP contribution < -0.4 is 0 Å². The van der Waals surface area contributed by atoms with E-state index < -0.39 is 29.5 Å². The van der Waals surface area contributed by atoms with Crippen LogP contribution in [0, 0.1) is 11.3 Å². The Labute approximate surface area is 198 Å². The molecule has 0 saturated carbocycles. The molecule has 34 heavy (non-hydrogen) atoms. The van der Waals surface area contributed by atoms with Crippen LogP contribution in [0.2, 0.25) is 0 Å². The van der Waals surface area contributed by atoms with Crippen LogP contribution in [-0.2, 0) is 21.0 Å².